The van der Waals surface area contributed by atoms with Gasteiger partial charge in [0, 0.05) is 18.8 Å². The first-order valence-electron chi connectivity index (χ1n) is 8.49. The van der Waals surface area contributed by atoms with Gasteiger partial charge in [0.25, 0.3) is 0 Å². The van der Waals surface area contributed by atoms with Crippen LogP contribution in [0.4, 0.5) is 10.6 Å². The first kappa shape index (κ1) is 16.5. The molecular formula is C18H24N4O2. The molecule has 0 saturated heterocycles. The third-order valence-corrected chi connectivity index (χ3v) is 4.38. The number of rotatable bonds is 5. The minimum atomic E-state index is -0.250. The van der Waals surface area contributed by atoms with Crippen molar-refractivity contribution in [3.05, 3.63) is 48.2 Å². The molecule has 1 aliphatic rings. The van der Waals surface area contributed by atoms with Crippen molar-refractivity contribution in [1.29, 1.82) is 0 Å². The van der Waals surface area contributed by atoms with Gasteiger partial charge >= 0.3 is 6.03 Å². The van der Waals surface area contributed by atoms with Crippen LogP contribution in [0, 0.1) is 5.92 Å². The number of nitrogens with zero attached hydrogens (tertiary/aromatic N) is 2. The van der Waals surface area contributed by atoms with Crippen LogP contribution < -0.4 is 10.6 Å². The van der Waals surface area contributed by atoms with Crippen molar-refractivity contribution in [1.82, 2.24) is 15.1 Å². The Morgan fingerprint density at radius 2 is 2.08 bits per heavy atom. The average Bonchev–Trinajstić information content (AvgIpc) is 3.01. The summed E-state index contributed by atoms with van der Waals surface area (Å²) in [5.41, 5.74) is 1.16. The van der Waals surface area contributed by atoms with Crippen molar-refractivity contribution in [2.45, 2.75) is 38.3 Å². The van der Waals surface area contributed by atoms with Crippen LogP contribution in [0.25, 0.3) is 0 Å². The molecule has 3 rings (SSSR count). The molecule has 1 saturated carbocycles. The van der Waals surface area contributed by atoms with Crippen LogP contribution in [0.1, 0.15) is 31.2 Å². The number of aromatic nitrogens is 2. The van der Waals surface area contributed by atoms with E-state index in [1.165, 1.54) is 0 Å². The number of amides is 2. The Morgan fingerprint density at radius 1 is 1.25 bits per heavy atom. The fourth-order valence-electron chi connectivity index (χ4n) is 3.13. The molecule has 6 heteroatoms. The van der Waals surface area contributed by atoms with Crippen molar-refractivity contribution in [2.75, 3.05) is 11.9 Å². The molecule has 0 spiro atoms. The van der Waals surface area contributed by atoms with E-state index in [-0.39, 0.29) is 12.1 Å². The van der Waals surface area contributed by atoms with Gasteiger partial charge < -0.3 is 10.4 Å². The van der Waals surface area contributed by atoms with Crippen LogP contribution in [0.3, 0.4) is 0 Å². The van der Waals surface area contributed by atoms with Gasteiger partial charge in [-0.15, -0.1) is 0 Å². The van der Waals surface area contributed by atoms with Crippen LogP contribution in [0.2, 0.25) is 0 Å². The smallest absolute Gasteiger partial charge is 0.320 e. The van der Waals surface area contributed by atoms with Gasteiger partial charge in [0.05, 0.1) is 12.6 Å². The first-order valence-corrected chi connectivity index (χ1v) is 8.49. The highest BCUT2D eigenvalue weighted by molar-refractivity contribution is 5.88. The maximum atomic E-state index is 12.0. The standard InChI is InChI=1S/C18H24N4O2/c23-16-8-4-7-15(11-16)12-19-18(24)20-17-9-10-22(21-17)13-14-5-2-1-3-6-14/h1-3,5-6,9-10,15-16,23H,4,7-8,11-13H2,(H2,19,20,21,24). The number of nitrogens with one attached hydrogen (secondary N) is 2. The van der Waals surface area contributed by atoms with Gasteiger partial charge in [0.2, 0.25) is 0 Å². The lowest BCUT2D eigenvalue weighted by atomic mass is 9.87. The van der Waals surface area contributed by atoms with Crippen molar-refractivity contribution >= 4 is 11.8 Å². The van der Waals surface area contributed by atoms with Crippen LogP contribution in [0.5, 0.6) is 0 Å². The highest BCUT2D eigenvalue weighted by Gasteiger charge is 2.20. The Labute approximate surface area is 141 Å². The van der Waals surface area contributed by atoms with E-state index in [2.05, 4.69) is 15.7 Å². The average molecular weight is 328 g/mol. The summed E-state index contributed by atoms with van der Waals surface area (Å²) in [4.78, 5) is 12.0. The molecule has 0 radical (unpaired) electrons. The fraction of sp³-hybridized carbons (Fsp3) is 0.444. The summed E-state index contributed by atoms with van der Waals surface area (Å²) in [5.74, 6) is 0.891. The second-order valence-electron chi connectivity index (χ2n) is 6.41. The second kappa shape index (κ2) is 7.97. The van der Waals surface area contributed by atoms with Crippen molar-refractivity contribution in [3.8, 4) is 0 Å². The molecule has 1 fully saturated rings. The minimum Gasteiger partial charge on any atom is -0.393 e. The summed E-state index contributed by atoms with van der Waals surface area (Å²) in [6.07, 6.45) is 5.36. The Morgan fingerprint density at radius 3 is 2.88 bits per heavy atom. The Balaban J connectivity index is 1.45. The minimum absolute atomic E-state index is 0.220. The topological polar surface area (TPSA) is 79.2 Å². The number of aliphatic hydroxyl groups is 1. The summed E-state index contributed by atoms with van der Waals surface area (Å²) in [6, 6.07) is 11.6. The highest BCUT2D eigenvalue weighted by Crippen LogP contribution is 2.23. The molecule has 2 atom stereocenters. The summed E-state index contributed by atoms with van der Waals surface area (Å²) in [7, 11) is 0. The lowest BCUT2D eigenvalue weighted by molar-refractivity contribution is 0.101. The Hall–Kier alpha value is -2.34. The van der Waals surface area contributed by atoms with Gasteiger partial charge in [-0.2, -0.15) is 5.10 Å². The number of carbonyl (C=O) groups is 1. The molecular weight excluding hydrogens is 304 g/mol. The predicted molar refractivity (Wildman–Crippen MR) is 92.8 cm³/mol. The van der Waals surface area contributed by atoms with Crippen LogP contribution in [-0.4, -0.2) is 33.6 Å². The third-order valence-electron chi connectivity index (χ3n) is 4.38. The third kappa shape index (κ3) is 4.83. The number of carbonyl (C=O) groups excluding carboxylic acids is 1. The number of hydrogen-bond donors (Lipinski definition) is 3. The van der Waals surface area contributed by atoms with Crippen LogP contribution in [0.15, 0.2) is 42.6 Å². The molecule has 1 aliphatic carbocycles. The van der Waals surface area contributed by atoms with E-state index in [0.29, 0.717) is 24.8 Å². The first-order chi connectivity index (χ1) is 11.7. The van der Waals surface area contributed by atoms with E-state index in [1.807, 2.05) is 36.5 Å². The summed E-state index contributed by atoms with van der Waals surface area (Å²) < 4.78 is 1.79. The molecule has 1 aromatic heterocycles. The number of hydrogen-bond acceptors (Lipinski definition) is 3. The van der Waals surface area contributed by atoms with E-state index < -0.39 is 0 Å². The highest BCUT2D eigenvalue weighted by atomic mass is 16.3. The van der Waals surface area contributed by atoms with Gasteiger partial charge in [-0.05, 0) is 30.7 Å². The number of aliphatic hydroxyl groups excluding tert-OH is 1. The number of anilines is 1. The van der Waals surface area contributed by atoms with E-state index in [4.69, 9.17) is 0 Å². The monoisotopic (exact) mass is 328 g/mol. The van der Waals surface area contributed by atoms with Crippen molar-refractivity contribution < 1.29 is 9.90 Å². The van der Waals surface area contributed by atoms with Crippen LogP contribution in [-0.2, 0) is 6.54 Å². The van der Waals surface area contributed by atoms with Crippen molar-refractivity contribution in [3.63, 3.8) is 0 Å². The normalized spacial score (nSPS) is 20.5. The van der Waals surface area contributed by atoms with E-state index in [9.17, 15) is 9.90 Å². The quantitative estimate of drug-likeness (QED) is 0.789. The molecule has 24 heavy (non-hydrogen) atoms. The number of urea groups is 1. The summed E-state index contributed by atoms with van der Waals surface area (Å²) in [5, 5.41) is 19.6. The Bertz CT molecular complexity index is 656. The molecule has 3 N–H and O–H groups in total. The van der Waals surface area contributed by atoms with Gasteiger partial charge in [0.1, 0.15) is 0 Å². The summed E-state index contributed by atoms with van der Waals surface area (Å²) in [6.45, 7) is 1.26. The molecule has 0 bridgehead atoms. The van der Waals surface area contributed by atoms with Gasteiger partial charge in [-0.25, -0.2) is 4.79 Å². The molecule has 6 nitrogen and oxygen atoms in total. The molecule has 128 valence electrons. The van der Waals surface area contributed by atoms with Crippen molar-refractivity contribution in [2.24, 2.45) is 5.92 Å². The van der Waals surface area contributed by atoms with E-state index >= 15 is 0 Å². The molecule has 1 aromatic carbocycles. The summed E-state index contributed by atoms with van der Waals surface area (Å²) >= 11 is 0. The maximum Gasteiger partial charge on any atom is 0.320 e. The predicted octanol–water partition coefficient (Wildman–Crippen LogP) is 2.60. The van der Waals surface area contributed by atoms with Gasteiger partial charge in [0.15, 0.2) is 5.82 Å². The number of benzene rings is 1. The van der Waals surface area contributed by atoms with Gasteiger partial charge in [-0.1, -0.05) is 36.8 Å². The molecule has 2 aromatic rings. The maximum absolute atomic E-state index is 12.0. The largest absolute Gasteiger partial charge is 0.393 e. The second-order valence-corrected chi connectivity index (χ2v) is 6.41. The zero-order valence-corrected chi connectivity index (χ0v) is 13.7. The molecule has 2 amide bonds. The van der Waals surface area contributed by atoms with Gasteiger partial charge in [-0.3, -0.25) is 10.00 Å². The SMILES string of the molecule is O=C(NCC1CCCC(O)C1)Nc1ccn(Cc2ccccc2)n1. The lowest BCUT2D eigenvalue weighted by Gasteiger charge is -2.25. The Kier molecular flexibility index (Phi) is 5.48. The van der Waals surface area contributed by atoms with E-state index in [0.717, 1.165) is 31.2 Å². The van der Waals surface area contributed by atoms with Crippen LogP contribution >= 0.6 is 0 Å². The zero-order chi connectivity index (χ0) is 16.8. The molecule has 2 unspecified atom stereocenters. The lowest BCUT2D eigenvalue weighted by Crippen LogP contribution is -2.35. The van der Waals surface area contributed by atoms with E-state index in [1.54, 1.807) is 10.7 Å². The molecule has 0 aliphatic heterocycles. The fourth-order valence-corrected chi connectivity index (χ4v) is 3.13. The molecule has 1 heterocycles. The zero-order valence-electron chi connectivity index (χ0n) is 13.7.